The molecule has 0 amide bonds. The maximum absolute atomic E-state index is 14.3. The Hall–Kier alpha value is -4.08. The molecule has 4 saturated heterocycles. The Labute approximate surface area is 447 Å². The lowest BCUT2D eigenvalue weighted by molar-refractivity contribution is -0.318. The number of carbonyl (C=O) groups is 1. The first kappa shape index (κ1) is 58.1. The predicted octanol–water partition coefficient (Wildman–Crippen LogP) is 7.22. The van der Waals surface area contributed by atoms with Crippen LogP contribution in [0.25, 0.3) is 10.9 Å². The second-order valence-corrected chi connectivity index (χ2v) is 22.2. The summed E-state index contributed by atoms with van der Waals surface area (Å²) in [4.78, 5) is 28.4. The molecular weight excluding hydrogens is 979 g/mol. The minimum absolute atomic E-state index is 0.0317. The Balaban J connectivity index is 0.000000470. The molecule has 17 heteroatoms. The first-order chi connectivity index (χ1) is 36.2. The summed E-state index contributed by atoms with van der Waals surface area (Å²) in [6, 6.07) is 7.29. The molecular formula is C59H83NO16. The molecule has 2 aromatic rings. The third kappa shape index (κ3) is 12.2. The lowest BCUT2D eigenvalue weighted by atomic mass is 9.71. The number of aromatic nitrogens is 1. The van der Waals surface area contributed by atoms with Crippen LogP contribution in [-0.4, -0.2) is 151 Å². The van der Waals surface area contributed by atoms with Gasteiger partial charge in [0.2, 0.25) is 5.56 Å². The number of nitrogens with one attached hydrogen (secondary N) is 1. The van der Waals surface area contributed by atoms with Gasteiger partial charge in [-0.15, -0.1) is 0 Å². The van der Waals surface area contributed by atoms with Crippen molar-refractivity contribution in [1.82, 2.24) is 4.98 Å². The summed E-state index contributed by atoms with van der Waals surface area (Å²) in [7, 11) is 4.81. The Morgan fingerprint density at radius 2 is 1.59 bits per heavy atom. The molecule has 0 saturated carbocycles. The molecule has 20 atom stereocenters. The monoisotopic (exact) mass is 1060 g/mol. The summed E-state index contributed by atoms with van der Waals surface area (Å²) in [5, 5.41) is 35.2. The van der Waals surface area contributed by atoms with E-state index in [0.29, 0.717) is 49.0 Å². The number of aliphatic hydroxyl groups excluding tert-OH is 2. The van der Waals surface area contributed by atoms with E-state index in [-0.39, 0.29) is 48.2 Å². The molecule has 4 fully saturated rings. The van der Waals surface area contributed by atoms with Crippen molar-refractivity contribution in [3.8, 4) is 5.75 Å². The normalized spacial score (nSPS) is 40.2. The minimum atomic E-state index is -1.84. The molecule has 2 bridgehead atoms. The van der Waals surface area contributed by atoms with Crippen molar-refractivity contribution in [1.29, 1.82) is 0 Å². The van der Waals surface area contributed by atoms with Crippen molar-refractivity contribution in [3.05, 3.63) is 99.4 Å². The fourth-order valence-electron chi connectivity index (χ4n) is 12.2. The third-order valence-electron chi connectivity index (χ3n) is 16.8. The predicted molar refractivity (Wildman–Crippen MR) is 283 cm³/mol. The highest BCUT2D eigenvalue weighted by atomic mass is 16.7. The molecule has 9 rings (SSSR count). The number of benzene rings is 1. The van der Waals surface area contributed by atoms with Crippen molar-refractivity contribution in [3.63, 3.8) is 0 Å². The van der Waals surface area contributed by atoms with Gasteiger partial charge in [0.15, 0.2) is 18.4 Å². The number of hydrogen-bond acceptors (Lipinski definition) is 16. The van der Waals surface area contributed by atoms with E-state index in [1.807, 2.05) is 57.2 Å². The Bertz CT molecular complexity index is 2560. The van der Waals surface area contributed by atoms with E-state index in [2.05, 4.69) is 44.8 Å². The maximum atomic E-state index is 14.3. The van der Waals surface area contributed by atoms with Gasteiger partial charge in [0.05, 0.1) is 62.0 Å². The number of carbonyl (C=O) groups excluding carboxylic acids is 1. The molecule has 420 valence electrons. The molecule has 1 spiro atoms. The average Bonchev–Trinajstić information content (AvgIpc) is 3.74. The Morgan fingerprint density at radius 3 is 2.32 bits per heavy atom. The number of ether oxygens (including phenoxy) is 11. The molecule has 7 heterocycles. The largest absolute Gasteiger partial charge is 0.495 e. The van der Waals surface area contributed by atoms with Crippen LogP contribution in [0.3, 0.4) is 0 Å². The molecule has 7 aliphatic rings. The highest BCUT2D eigenvalue weighted by molar-refractivity contribution is 5.87. The number of aliphatic hydroxyl groups is 3. The Kier molecular flexibility index (Phi) is 18.7. The van der Waals surface area contributed by atoms with E-state index in [9.17, 15) is 24.9 Å². The highest BCUT2D eigenvalue weighted by Crippen LogP contribution is 2.47. The maximum Gasteiger partial charge on any atom is 0.316 e. The van der Waals surface area contributed by atoms with Gasteiger partial charge in [-0.2, -0.15) is 0 Å². The summed E-state index contributed by atoms with van der Waals surface area (Å²) in [6.45, 7) is 18.0. The van der Waals surface area contributed by atoms with Gasteiger partial charge < -0.3 is 72.4 Å². The zero-order chi connectivity index (χ0) is 54.8. The summed E-state index contributed by atoms with van der Waals surface area (Å²) in [5.74, 6) is -1.87. The molecule has 1 aromatic carbocycles. The number of aryl methyl sites for hydroxylation is 1. The summed E-state index contributed by atoms with van der Waals surface area (Å²) in [6.07, 6.45) is 8.55. The van der Waals surface area contributed by atoms with E-state index in [1.54, 1.807) is 53.4 Å². The third-order valence-corrected chi connectivity index (χ3v) is 16.8. The first-order valence-corrected chi connectivity index (χ1v) is 27.2. The smallest absolute Gasteiger partial charge is 0.316 e. The lowest BCUT2D eigenvalue weighted by Crippen LogP contribution is -2.58. The standard InChI is InChI=1S/C48H72O14.C11H11NO2/c1-11-25(2)43-28(5)17-18-47(62-43)23-34-20-33(61-47)16-15-27(4)42(26(3)13-12-14-32-24-55-45-40(49)29(6)19-35(46(51)58-34)48(32,45)52)59-39-22-37(54-10)44(31(8)57-39)60-38-21-36(53-9)41(50)30(7)56-38;1-7-6-10(13)12-11-8(7)4-3-5-9(11)14-2/h12-15,17-19,25-26,28,30-31,33-45,49-50,52H,11,16,20-24H2,1-10H3;3-6H,1-2H3,(H,12,13). The molecule has 1 aliphatic carbocycles. The van der Waals surface area contributed by atoms with Gasteiger partial charge in [0, 0.05) is 63.2 Å². The van der Waals surface area contributed by atoms with Crippen molar-refractivity contribution in [2.45, 2.75) is 198 Å². The molecule has 76 heavy (non-hydrogen) atoms. The number of H-pyrrole nitrogens is 1. The number of allylic oxidation sites excluding steroid dienone is 2. The zero-order valence-electron chi connectivity index (χ0n) is 46.3. The van der Waals surface area contributed by atoms with Crippen LogP contribution >= 0.6 is 0 Å². The SMILES string of the molecule is CCC(C)C1OC2(C=CC1C)CC1CC(CC=C(C)C(OC3CC(OC)C(OC4CC(OC)C(O)C(C)O4)C(C)O3)C(C)C=CC=C3COC4C(O)C(C)=CC(C(=O)O1)C34O)O2.COc1cccc2c(C)cc(=O)[nH]c12. The lowest BCUT2D eigenvalue weighted by Gasteiger charge is -2.48. The number of methoxy groups -OCH3 is 3. The zero-order valence-corrected chi connectivity index (χ0v) is 46.3. The molecule has 4 N–H and O–H groups in total. The fraction of sp³-hybridized carbons (Fsp3) is 0.661. The van der Waals surface area contributed by atoms with Gasteiger partial charge in [-0.25, -0.2) is 0 Å². The van der Waals surface area contributed by atoms with E-state index in [1.165, 1.54) is 0 Å². The molecule has 20 unspecified atom stereocenters. The van der Waals surface area contributed by atoms with Crippen LogP contribution < -0.4 is 10.3 Å². The number of rotatable bonds is 9. The van der Waals surface area contributed by atoms with Crippen LogP contribution in [0, 0.1) is 30.6 Å². The average molecular weight is 1060 g/mol. The Morgan fingerprint density at radius 1 is 0.868 bits per heavy atom. The summed E-state index contributed by atoms with van der Waals surface area (Å²) in [5.41, 5.74) is 1.76. The van der Waals surface area contributed by atoms with Crippen molar-refractivity contribution in [2.24, 2.45) is 23.7 Å². The second-order valence-electron chi connectivity index (χ2n) is 22.2. The van der Waals surface area contributed by atoms with Gasteiger partial charge in [-0.05, 0) is 81.4 Å². The number of fused-ring (bicyclic) bond motifs is 3. The van der Waals surface area contributed by atoms with Gasteiger partial charge in [-0.3, -0.25) is 9.59 Å². The van der Waals surface area contributed by atoms with Crippen LogP contribution in [0.4, 0.5) is 0 Å². The van der Waals surface area contributed by atoms with Gasteiger partial charge in [0.25, 0.3) is 0 Å². The number of esters is 1. The van der Waals surface area contributed by atoms with E-state index in [4.69, 9.17) is 52.1 Å². The van der Waals surface area contributed by atoms with E-state index < -0.39 is 90.8 Å². The molecule has 6 aliphatic heterocycles. The number of hydrogen-bond donors (Lipinski definition) is 4. The molecule has 0 radical (unpaired) electrons. The number of para-hydroxylation sites is 1. The molecule has 1 aromatic heterocycles. The van der Waals surface area contributed by atoms with Crippen LogP contribution in [0.2, 0.25) is 0 Å². The van der Waals surface area contributed by atoms with Crippen LogP contribution in [0.5, 0.6) is 5.75 Å². The quantitative estimate of drug-likeness (QED) is 0.144. The van der Waals surface area contributed by atoms with E-state index in [0.717, 1.165) is 28.5 Å². The van der Waals surface area contributed by atoms with Crippen molar-refractivity contribution in [2.75, 3.05) is 27.9 Å². The van der Waals surface area contributed by atoms with Crippen LogP contribution in [-0.2, 0) is 52.2 Å². The fourth-order valence-corrected chi connectivity index (χ4v) is 12.2. The number of aromatic amines is 1. The number of pyridine rings is 1. The van der Waals surface area contributed by atoms with Crippen LogP contribution in [0.1, 0.15) is 99.5 Å². The highest BCUT2D eigenvalue weighted by Gasteiger charge is 2.60. The van der Waals surface area contributed by atoms with Gasteiger partial charge in [0.1, 0.15) is 47.8 Å². The van der Waals surface area contributed by atoms with Gasteiger partial charge >= 0.3 is 5.97 Å². The van der Waals surface area contributed by atoms with Crippen LogP contribution in [0.15, 0.2) is 88.3 Å². The van der Waals surface area contributed by atoms with Crippen molar-refractivity contribution < 1.29 is 72.2 Å². The minimum Gasteiger partial charge on any atom is -0.495 e. The van der Waals surface area contributed by atoms with E-state index >= 15 is 0 Å². The summed E-state index contributed by atoms with van der Waals surface area (Å²) >= 11 is 0. The molecule has 17 nitrogen and oxygen atoms in total. The van der Waals surface area contributed by atoms with Gasteiger partial charge in [-0.1, -0.05) is 82.7 Å². The second kappa shape index (κ2) is 24.5. The van der Waals surface area contributed by atoms with Crippen molar-refractivity contribution >= 4 is 16.9 Å². The first-order valence-electron chi connectivity index (χ1n) is 27.2. The summed E-state index contributed by atoms with van der Waals surface area (Å²) < 4.78 is 68.8. The topological polar surface area (TPSA) is 212 Å².